The van der Waals surface area contributed by atoms with Crippen LogP contribution in [0.1, 0.15) is 32.8 Å². The van der Waals surface area contributed by atoms with E-state index in [0.29, 0.717) is 21.3 Å². The number of fused-ring (bicyclic) bond motifs is 1. The van der Waals surface area contributed by atoms with Crippen LogP contribution in [0.2, 0.25) is 5.02 Å². The number of aryl methyl sites for hydroxylation is 2. The highest BCUT2D eigenvalue weighted by Gasteiger charge is 2.26. The van der Waals surface area contributed by atoms with Gasteiger partial charge in [0.15, 0.2) is 6.61 Å². The number of primary amides is 1. The lowest BCUT2D eigenvalue weighted by atomic mass is 10.1. The second kappa shape index (κ2) is 6.83. The highest BCUT2D eigenvalue weighted by atomic mass is 35.5. The summed E-state index contributed by atoms with van der Waals surface area (Å²) in [4.78, 5) is 25.0. The number of rotatable bonds is 5. The van der Waals surface area contributed by atoms with Crippen molar-refractivity contribution in [3.8, 4) is 5.75 Å². The molecule has 0 saturated heterocycles. The Morgan fingerprint density at radius 2 is 2.17 bits per heavy atom. The third-order valence-electron chi connectivity index (χ3n) is 3.92. The van der Waals surface area contributed by atoms with Crippen LogP contribution in [0.25, 0.3) is 0 Å². The standard InChI is InChI=1S/C17H17ClN2O3S/c1-9-7-10(18)5-6-12(9)23-8-14(21)20-17-15(16(19)22)11-3-2-4-13(11)24-17/h5-7H,2-4,8H2,1H3,(H2,19,22)(H,20,21). The molecule has 7 heteroatoms. The van der Waals surface area contributed by atoms with Gasteiger partial charge in [0.1, 0.15) is 10.8 Å². The van der Waals surface area contributed by atoms with E-state index in [9.17, 15) is 9.59 Å². The lowest BCUT2D eigenvalue weighted by Crippen LogP contribution is -2.22. The Kier molecular flexibility index (Phi) is 4.78. The minimum atomic E-state index is -0.501. The maximum absolute atomic E-state index is 12.2. The average Bonchev–Trinajstić information content (AvgIpc) is 3.06. The van der Waals surface area contributed by atoms with Crippen molar-refractivity contribution in [2.24, 2.45) is 5.73 Å². The van der Waals surface area contributed by atoms with Gasteiger partial charge in [-0.1, -0.05) is 11.6 Å². The number of carbonyl (C=O) groups is 2. The van der Waals surface area contributed by atoms with Gasteiger partial charge in [-0.3, -0.25) is 9.59 Å². The van der Waals surface area contributed by atoms with Crippen LogP contribution in [-0.4, -0.2) is 18.4 Å². The van der Waals surface area contributed by atoms with Gasteiger partial charge in [0.05, 0.1) is 5.56 Å². The van der Waals surface area contributed by atoms with E-state index in [-0.39, 0.29) is 12.5 Å². The molecule has 1 aromatic heterocycles. The highest BCUT2D eigenvalue weighted by Crippen LogP contribution is 2.38. The van der Waals surface area contributed by atoms with Crippen molar-refractivity contribution < 1.29 is 14.3 Å². The highest BCUT2D eigenvalue weighted by molar-refractivity contribution is 7.17. The maximum Gasteiger partial charge on any atom is 0.262 e. The van der Waals surface area contributed by atoms with Crippen LogP contribution < -0.4 is 15.8 Å². The number of anilines is 1. The fourth-order valence-corrected chi connectivity index (χ4v) is 4.37. The lowest BCUT2D eigenvalue weighted by Gasteiger charge is -2.10. The summed E-state index contributed by atoms with van der Waals surface area (Å²) in [7, 11) is 0. The summed E-state index contributed by atoms with van der Waals surface area (Å²) in [6.45, 7) is 1.71. The average molecular weight is 365 g/mol. The molecule has 0 radical (unpaired) electrons. The first-order chi connectivity index (χ1) is 11.5. The summed E-state index contributed by atoms with van der Waals surface area (Å²) in [5.41, 5.74) is 7.76. The number of nitrogens with one attached hydrogen (secondary N) is 1. The Morgan fingerprint density at radius 3 is 2.88 bits per heavy atom. The summed E-state index contributed by atoms with van der Waals surface area (Å²) in [6, 6.07) is 5.19. The molecule has 3 rings (SSSR count). The van der Waals surface area contributed by atoms with E-state index in [1.54, 1.807) is 18.2 Å². The maximum atomic E-state index is 12.2. The van der Waals surface area contributed by atoms with Gasteiger partial charge in [0.25, 0.3) is 11.8 Å². The van der Waals surface area contributed by atoms with Crippen LogP contribution in [0.3, 0.4) is 0 Å². The van der Waals surface area contributed by atoms with Crippen molar-refractivity contribution in [3.63, 3.8) is 0 Å². The number of hydrogen-bond acceptors (Lipinski definition) is 4. The molecule has 126 valence electrons. The minimum Gasteiger partial charge on any atom is -0.483 e. The molecule has 1 aliphatic rings. The largest absolute Gasteiger partial charge is 0.483 e. The van der Waals surface area contributed by atoms with Gasteiger partial charge in [-0.25, -0.2) is 0 Å². The molecule has 24 heavy (non-hydrogen) atoms. The number of ether oxygens (including phenoxy) is 1. The van der Waals surface area contributed by atoms with E-state index < -0.39 is 5.91 Å². The smallest absolute Gasteiger partial charge is 0.262 e. The Labute approximate surface area is 148 Å². The minimum absolute atomic E-state index is 0.150. The summed E-state index contributed by atoms with van der Waals surface area (Å²) in [5.74, 6) is -0.232. The van der Waals surface area contributed by atoms with E-state index in [4.69, 9.17) is 22.1 Å². The zero-order valence-corrected chi connectivity index (χ0v) is 14.7. The van der Waals surface area contributed by atoms with Crippen LogP contribution in [-0.2, 0) is 17.6 Å². The van der Waals surface area contributed by atoms with Crippen LogP contribution in [0.4, 0.5) is 5.00 Å². The molecule has 2 aromatic rings. The zero-order valence-electron chi connectivity index (χ0n) is 13.1. The Bertz CT molecular complexity index is 816. The van der Waals surface area contributed by atoms with Crippen molar-refractivity contribution in [2.45, 2.75) is 26.2 Å². The molecule has 0 saturated carbocycles. The second-order valence-electron chi connectivity index (χ2n) is 5.67. The summed E-state index contributed by atoms with van der Waals surface area (Å²) < 4.78 is 5.52. The number of carbonyl (C=O) groups excluding carboxylic acids is 2. The number of amides is 2. The van der Waals surface area contributed by atoms with Crippen LogP contribution in [0, 0.1) is 6.92 Å². The van der Waals surface area contributed by atoms with Gasteiger partial charge in [-0.15, -0.1) is 11.3 Å². The summed E-state index contributed by atoms with van der Waals surface area (Å²) in [5, 5.41) is 3.89. The third-order valence-corrected chi connectivity index (χ3v) is 5.36. The fraction of sp³-hybridized carbons (Fsp3) is 0.294. The monoisotopic (exact) mass is 364 g/mol. The molecule has 2 amide bonds. The number of benzene rings is 1. The van der Waals surface area contributed by atoms with Crippen LogP contribution in [0.15, 0.2) is 18.2 Å². The molecular formula is C17H17ClN2O3S. The van der Waals surface area contributed by atoms with E-state index in [2.05, 4.69) is 5.32 Å². The molecule has 1 heterocycles. The lowest BCUT2D eigenvalue weighted by molar-refractivity contribution is -0.118. The number of halogens is 1. The van der Waals surface area contributed by atoms with Gasteiger partial charge in [0, 0.05) is 9.90 Å². The molecule has 1 aromatic carbocycles. The molecule has 1 aliphatic carbocycles. The molecular weight excluding hydrogens is 348 g/mol. The van der Waals surface area contributed by atoms with Crippen molar-refractivity contribution in [3.05, 3.63) is 44.8 Å². The van der Waals surface area contributed by atoms with Gasteiger partial charge in [-0.05, 0) is 55.5 Å². The molecule has 5 nitrogen and oxygen atoms in total. The van der Waals surface area contributed by atoms with Crippen molar-refractivity contribution in [1.82, 2.24) is 0 Å². The molecule has 0 fully saturated rings. The second-order valence-corrected chi connectivity index (χ2v) is 7.21. The van der Waals surface area contributed by atoms with Crippen LogP contribution >= 0.6 is 22.9 Å². The van der Waals surface area contributed by atoms with Gasteiger partial charge in [-0.2, -0.15) is 0 Å². The first-order valence-corrected chi connectivity index (χ1v) is 8.78. The van der Waals surface area contributed by atoms with Crippen LogP contribution in [0.5, 0.6) is 5.75 Å². The Morgan fingerprint density at radius 1 is 1.38 bits per heavy atom. The SMILES string of the molecule is Cc1cc(Cl)ccc1OCC(=O)Nc1sc2c(c1C(N)=O)CCC2. The number of hydrogen-bond donors (Lipinski definition) is 2. The number of nitrogens with two attached hydrogens (primary N) is 1. The van der Waals surface area contributed by atoms with Crippen molar-refractivity contribution >= 4 is 39.8 Å². The van der Waals surface area contributed by atoms with E-state index in [0.717, 1.165) is 35.3 Å². The fourth-order valence-electron chi connectivity index (χ4n) is 2.83. The van der Waals surface area contributed by atoms with E-state index in [1.807, 2.05) is 6.92 Å². The van der Waals surface area contributed by atoms with Gasteiger partial charge in [0.2, 0.25) is 0 Å². The normalized spacial score (nSPS) is 12.8. The molecule has 0 spiro atoms. The third kappa shape index (κ3) is 3.39. The van der Waals surface area contributed by atoms with E-state index in [1.165, 1.54) is 11.3 Å². The van der Waals surface area contributed by atoms with Crippen molar-refractivity contribution in [1.29, 1.82) is 0 Å². The molecule has 3 N–H and O–H groups in total. The van der Waals surface area contributed by atoms with Gasteiger partial charge < -0.3 is 15.8 Å². The first kappa shape index (κ1) is 16.8. The molecule has 0 bridgehead atoms. The van der Waals surface area contributed by atoms with Crippen molar-refractivity contribution in [2.75, 3.05) is 11.9 Å². The zero-order chi connectivity index (χ0) is 17.3. The number of thiophene rings is 1. The first-order valence-electron chi connectivity index (χ1n) is 7.59. The molecule has 0 aliphatic heterocycles. The Hall–Kier alpha value is -2.05. The summed E-state index contributed by atoms with van der Waals surface area (Å²) >= 11 is 7.32. The molecule has 0 atom stereocenters. The predicted molar refractivity (Wildman–Crippen MR) is 95.2 cm³/mol. The molecule has 0 unspecified atom stereocenters. The quantitative estimate of drug-likeness (QED) is 0.853. The van der Waals surface area contributed by atoms with E-state index >= 15 is 0 Å². The summed E-state index contributed by atoms with van der Waals surface area (Å²) in [6.07, 6.45) is 2.78. The Balaban J connectivity index is 1.68. The predicted octanol–water partition coefficient (Wildman–Crippen LogP) is 3.32. The topological polar surface area (TPSA) is 81.4 Å². The van der Waals surface area contributed by atoms with Gasteiger partial charge >= 0.3 is 0 Å².